The highest BCUT2D eigenvalue weighted by Gasteiger charge is 2.66. The number of fused-ring (bicyclic) bond motifs is 7. The molecule has 0 aromatic heterocycles. The van der Waals surface area contributed by atoms with Gasteiger partial charge in [0.25, 0.3) is 0 Å². The Labute approximate surface area is 272 Å². The maximum Gasteiger partial charge on any atom is 0.308 e. The number of esters is 2. The molecule has 0 bridgehead atoms. The highest BCUT2D eigenvalue weighted by Crippen LogP contribution is 2.75. The van der Waals surface area contributed by atoms with Crippen LogP contribution in [0.1, 0.15) is 122 Å². The Morgan fingerprint density at radius 1 is 0.867 bits per heavy atom. The van der Waals surface area contributed by atoms with Crippen molar-refractivity contribution in [3.8, 4) is 11.5 Å². The second kappa shape index (κ2) is 10.7. The Kier molecular flexibility index (Phi) is 7.70. The van der Waals surface area contributed by atoms with E-state index in [1.54, 1.807) is 11.8 Å². The van der Waals surface area contributed by atoms with Gasteiger partial charge in [-0.05, 0) is 121 Å². The Hall–Kier alpha value is -2.60. The molecule has 4 aliphatic rings. The Morgan fingerprint density at radius 3 is 2.16 bits per heavy atom. The van der Waals surface area contributed by atoms with Crippen LogP contribution in [0, 0.1) is 40.3 Å². The minimum absolute atomic E-state index is 0.0268. The lowest BCUT2D eigenvalue weighted by molar-refractivity contribution is -0.156. The normalized spacial score (nSPS) is 34.8. The third-order valence-corrected chi connectivity index (χ3v) is 14.0. The van der Waals surface area contributed by atoms with Crippen molar-refractivity contribution < 1.29 is 23.5 Å². The Balaban J connectivity index is 1.57. The van der Waals surface area contributed by atoms with Gasteiger partial charge in [-0.3, -0.25) is 9.59 Å². The van der Waals surface area contributed by atoms with Crippen LogP contribution in [-0.4, -0.2) is 11.9 Å². The van der Waals surface area contributed by atoms with Crippen LogP contribution in [0.25, 0.3) is 0 Å². The summed E-state index contributed by atoms with van der Waals surface area (Å²) in [6.45, 7) is 19.7. The number of rotatable bonds is 4. The van der Waals surface area contributed by atoms with Crippen molar-refractivity contribution in [2.24, 2.45) is 27.6 Å². The summed E-state index contributed by atoms with van der Waals surface area (Å²) in [4.78, 5) is 25.6. The van der Waals surface area contributed by atoms with E-state index in [-0.39, 0.29) is 27.3 Å². The summed E-state index contributed by atoms with van der Waals surface area (Å²) in [5, 5.41) is -0.0931. The van der Waals surface area contributed by atoms with Gasteiger partial charge in [-0.2, -0.15) is 0 Å². The van der Waals surface area contributed by atoms with Gasteiger partial charge in [0.1, 0.15) is 5.82 Å². The molecule has 3 saturated carbocycles. The van der Waals surface area contributed by atoms with Gasteiger partial charge in [0.2, 0.25) is 0 Å². The molecular formula is C39H49FO4S. The first-order valence-electron chi connectivity index (χ1n) is 16.6. The van der Waals surface area contributed by atoms with E-state index < -0.39 is 11.9 Å². The van der Waals surface area contributed by atoms with E-state index in [1.165, 1.54) is 57.2 Å². The fourth-order valence-corrected chi connectivity index (χ4v) is 11.3. The van der Waals surface area contributed by atoms with Crippen molar-refractivity contribution in [3.63, 3.8) is 0 Å². The van der Waals surface area contributed by atoms with E-state index in [1.807, 2.05) is 25.1 Å². The average Bonchev–Trinajstić information content (AvgIpc) is 2.95. The SMILES string of the molecule is CC(=O)Oc1cc2c(c(C)c1OC(C)=O)C(Sc1ccc(F)cc1)C=C1[C@@]2(C)CC[C@@]2(C)[C@@H]3CC(C)(C)CC[C@]3(C)CC[C@]12C. The molecule has 3 fully saturated rings. The molecule has 4 aliphatic carbocycles. The van der Waals surface area contributed by atoms with Crippen molar-refractivity contribution in [1.29, 1.82) is 0 Å². The van der Waals surface area contributed by atoms with E-state index in [0.29, 0.717) is 28.2 Å². The van der Waals surface area contributed by atoms with Crippen molar-refractivity contribution in [2.45, 2.75) is 123 Å². The van der Waals surface area contributed by atoms with Gasteiger partial charge in [-0.15, -0.1) is 11.8 Å². The van der Waals surface area contributed by atoms with Gasteiger partial charge in [0.05, 0.1) is 5.25 Å². The molecule has 1 unspecified atom stereocenters. The maximum atomic E-state index is 14.0. The summed E-state index contributed by atoms with van der Waals surface area (Å²) in [6, 6.07) is 8.68. The second-order valence-electron chi connectivity index (χ2n) is 16.2. The zero-order valence-corrected chi connectivity index (χ0v) is 29.3. The lowest BCUT2D eigenvalue weighted by Crippen LogP contribution is -2.62. The summed E-state index contributed by atoms with van der Waals surface area (Å²) in [5.74, 6) is 0.0505. The average molecular weight is 633 g/mol. The van der Waals surface area contributed by atoms with Gasteiger partial charge < -0.3 is 9.47 Å². The van der Waals surface area contributed by atoms with E-state index in [2.05, 4.69) is 47.6 Å². The first-order valence-corrected chi connectivity index (χ1v) is 17.5. The summed E-state index contributed by atoms with van der Waals surface area (Å²) in [6.07, 6.45) is 10.8. The summed E-state index contributed by atoms with van der Waals surface area (Å²) < 4.78 is 25.5. The largest absolute Gasteiger partial charge is 0.423 e. The van der Waals surface area contributed by atoms with Crippen LogP contribution in [0.4, 0.5) is 4.39 Å². The summed E-state index contributed by atoms with van der Waals surface area (Å²) in [5.41, 5.74) is 5.04. The van der Waals surface area contributed by atoms with Crippen LogP contribution in [0.2, 0.25) is 0 Å². The van der Waals surface area contributed by atoms with Crippen molar-refractivity contribution in [2.75, 3.05) is 0 Å². The number of benzene rings is 2. The number of thioether (sulfide) groups is 1. The van der Waals surface area contributed by atoms with Gasteiger partial charge in [-0.1, -0.05) is 53.2 Å². The predicted molar refractivity (Wildman–Crippen MR) is 178 cm³/mol. The molecule has 0 N–H and O–H groups in total. The lowest BCUT2D eigenvalue weighted by atomic mass is 9.34. The van der Waals surface area contributed by atoms with E-state index in [4.69, 9.17) is 9.47 Å². The van der Waals surface area contributed by atoms with E-state index >= 15 is 0 Å². The molecule has 2 aromatic rings. The zero-order valence-electron chi connectivity index (χ0n) is 28.5. The van der Waals surface area contributed by atoms with Crippen LogP contribution >= 0.6 is 11.8 Å². The van der Waals surface area contributed by atoms with Gasteiger partial charge in [-0.25, -0.2) is 4.39 Å². The monoisotopic (exact) mass is 632 g/mol. The highest BCUT2D eigenvalue weighted by atomic mass is 32.2. The third kappa shape index (κ3) is 5.09. The predicted octanol–water partition coefficient (Wildman–Crippen LogP) is 10.4. The molecular weight excluding hydrogens is 583 g/mol. The number of allylic oxidation sites excluding steroid dienone is 1. The molecule has 6 atom stereocenters. The number of ether oxygens (including phenoxy) is 2. The standard InChI is InChI=1S/C39H49FO4S/c1-23-33-28(20-29(43-24(2)41)34(23)44-25(3)42)37(7)17-19-39(9)32-22-35(4,5)14-15-36(32,6)16-18-38(39,8)31(37)21-30(33)45-27-12-10-26(40)11-13-27/h10-13,20-21,30,32H,14-19,22H2,1-9H3/t30?,32-,36-,37+,38-,39+/m1/s1. The molecule has 0 heterocycles. The van der Waals surface area contributed by atoms with Gasteiger partial charge in [0, 0.05) is 29.7 Å². The van der Waals surface area contributed by atoms with Crippen LogP contribution in [-0.2, 0) is 15.0 Å². The molecule has 0 saturated heterocycles. The second-order valence-corrected chi connectivity index (χ2v) is 17.4. The molecule has 6 heteroatoms. The van der Waals surface area contributed by atoms with Crippen LogP contribution in [0.15, 0.2) is 46.9 Å². The molecule has 0 radical (unpaired) electrons. The smallest absolute Gasteiger partial charge is 0.308 e. The first kappa shape index (κ1) is 32.3. The molecule has 4 nitrogen and oxygen atoms in total. The van der Waals surface area contributed by atoms with Crippen LogP contribution < -0.4 is 9.47 Å². The minimum Gasteiger partial charge on any atom is -0.423 e. The highest BCUT2D eigenvalue weighted by molar-refractivity contribution is 7.99. The molecule has 0 amide bonds. The molecule has 6 rings (SSSR count). The fourth-order valence-electron chi connectivity index (χ4n) is 10.1. The van der Waals surface area contributed by atoms with Crippen molar-refractivity contribution >= 4 is 23.7 Å². The Bertz CT molecular complexity index is 1590. The number of halogens is 1. The van der Waals surface area contributed by atoms with Crippen molar-refractivity contribution in [1.82, 2.24) is 0 Å². The number of carbonyl (C=O) groups is 2. The van der Waals surface area contributed by atoms with Crippen molar-refractivity contribution in [3.05, 3.63) is 64.5 Å². The lowest BCUT2D eigenvalue weighted by Gasteiger charge is -2.70. The van der Waals surface area contributed by atoms with E-state index in [9.17, 15) is 14.0 Å². The molecule has 242 valence electrons. The quantitative estimate of drug-likeness (QED) is 0.191. The van der Waals surface area contributed by atoms with Gasteiger partial charge in [0.15, 0.2) is 11.5 Å². The molecule has 0 spiro atoms. The first-order chi connectivity index (χ1) is 20.9. The maximum absolute atomic E-state index is 14.0. The molecule has 2 aromatic carbocycles. The fraction of sp³-hybridized carbons (Fsp3) is 0.590. The molecule has 45 heavy (non-hydrogen) atoms. The topological polar surface area (TPSA) is 52.6 Å². The van der Waals surface area contributed by atoms with Gasteiger partial charge >= 0.3 is 11.9 Å². The summed E-state index contributed by atoms with van der Waals surface area (Å²) >= 11 is 1.70. The number of hydrogen-bond acceptors (Lipinski definition) is 5. The van der Waals surface area contributed by atoms with Crippen LogP contribution in [0.3, 0.4) is 0 Å². The summed E-state index contributed by atoms with van der Waals surface area (Å²) in [7, 11) is 0. The third-order valence-electron chi connectivity index (χ3n) is 12.8. The zero-order chi connectivity index (χ0) is 32.7. The minimum atomic E-state index is -0.464. The number of carbonyl (C=O) groups excluding carboxylic acids is 2. The number of hydrogen-bond donors (Lipinski definition) is 0. The van der Waals surface area contributed by atoms with Crippen LogP contribution in [0.5, 0.6) is 11.5 Å². The Morgan fingerprint density at radius 2 is 1.51 bits per heavy atom. The molecule has 0 aliphatic heterocycles. The van der Waals surface area contributed by atoms with E-state index in [0.717, 1.165) is 40.8 Å².